The van der Waals surface area contributed by atoms with Crippen molar-refractivity contribution in [3.8, 4) is 0 Å². The fourth-order valence-corrected chi connectivity index (χ4v) is 5.89. The van der Waals surface area contributed by atoms with Crippen molar-refractivity contribution in [2.24, 2.45) is 41.4 Å². The third kappa shape index (κ3) is 6.13. The summed E-state index contributed by atoms with van der Waals surface area (Å²) in [5.41, 5.74) is 0. The molecule has 4 N–H and O–H groups in total. The second-order valence-electron chi connectivity index (χ2n) is 10.2. The van der Waals surface area contributed by atoms with Crippen LogP contribution in [0.2, 0.25) is 0 Å². The molecule has 29 heavy (non-hydrogen) atoms. The first-order valence-corrected chi connectivity index (χ1v) is 11.2. The van der Waals surface area contributed by atoms with Crippen LogP contribution in [0.25, 0.3) is 0 Å². The number of hydrogen-bond acceptors (Lipinski definition) is 2. The summed E-state index contributed by atoms with van der Waals surface area (Å²) < 4.78 is 35.4. The van der Waals surface area contributed by atoms with Gasteiger partial charge in [-0.2, -0.15) is 0 Å². The Morgan fingerprint density at radius 3 is 1.76 bits per heavy atom. The van der Waals surface area contributed by atoms with E-state index in [2.05, 4.69) is 27.7 Å². The molecule has 3 aliphatic rings. The molecule has 4 unspecified atom stereocenters. The normalized spacial score (nSPS) is 45.4. The van der Waals surface area contributed by atoms with E-state index in [9.17, 15) is 13.6 Å². The maximum Gasteiger partial charge on any atom is 0.315 e. The topological polar surface area (TPSA) is 89.3 Å². The largest absolute Gasteiger partial charge is 0.462 e. The molecule has 4 nitrogen and oxygen atoms in total. The van der Waals surface area contributed by atoms with Gasteiger partial charge in [0, 0.05) is 1.43 Å². The van der Waals surface area contributed by atoms with E-state index in [0.29, 0.717) is 36.5 Å². The first kappa shape index (κ1) is 26.3. The summed E-state index contributed by atoms with van der Waals surface area (Å²) in [7, 11) is 0. The van der Waals surface area contributed by atoms with E-state index in [0.717, 1.165) is 44.4 Å². The zero-order chi connectivity index (χ0) is 19.7. The molecule has 3 saturated carbocycles. The van der Waals surface area contributed by atoms with E-state index in [1.54, 1.807) is 0 Å². The van der Waals surface area contributed by atoms with Crippen molar-refractivity contribution in [2.75, 3.05) is 0 Å². The highest BCUT2D eigenvalue weighted by Crippen LogP contribution is 2.44. The lowest BCUT2D eigenvalue weighted by Crippen LogP contribution is -2.45. The number of alkyl halides is 2. The summed E-state index contributed by atoms with van der Waals surface area (Å²) in [6, 6.07) is 0. The fraction of sp³-hybridized carbons (Fsp3) is 0.957. The zero-order valence-corrected chi connectivity index (χ0v) is 18.5. The summed E-state index contributed by atoms with van der Waals surface area (Å²) in [6.45, 7) is 8.84. The van der Waals surface area contributed by atoms with Gasteiger partial charge in [0.05, 0.1) is 0 Å². The third-order valence-electron chi connectivity index (χ3n) is 8.18. The Morgan fingerprint density at radius 2 is 1.28 bits per heavy atom. The van der Waals surface area contributed by atoms with Crippen LogP contribution in [0.1, 0.15) is 80.5 Å². The Hall–Kier alpha value is -0.750. The van der Waals surface area contributed by atoms with Gasteiger partial charge >= 0.3 is 5.97 Å². The lowest BCUT2D eigenvalue weighted by atomic mass is 9.68. The summed E-state index contributed by atoms with van der Waals surface area (Å²) in [5, 5.41) is 0. The Morgan fingerprint density at radius 1 is 0.793 bits per heavy atom. The van der Waals surface area contributed by atoms with Crippen molar-refractivity contribution >= 4 is 5.97 Å². The summed E-state index contributed by atoms with van der Waals surface area (Å²) in [4.78, 5) is 12.6. The molecule has 0 radical (unpaired) electrons. The van der Waals surface area contributed by atoms with E-state index < -0.39 is 24.2 Å². The minimum atomic E-state index is -1.40. The number of carbonyl (C=O) groups excluding carboxylic acids is 1. The summed E-state index contributed by atoms with van der Waals surface area (Å²) >= 11 is 0. The van der Waals surface area contributed by atoms with Crippen LogP contribution >= 0.6 is 0 Å². The van der Waals surface area contributed by atoms with Crippen molar-refractivity contribution in [1.82, 2.24) is 0 Å². The molecule has 0 aromatic rings. The number of halogens is 2. The molecule has 6 heteroatoms. The minimum absolute atomic E-state index is 0. The maximum absolute atomic E-state index is 14.9. The quantitative estimate of drug-likeness (QED) is 0.616. The molecule has 0 aliphatic heterocycles. The maximum atomic E-state index is 14.9. The van der Waals surface area contributed by atoms with Crippen LogP contribution in [0.5, 0.6) is 0 Å². The molecule has 4 atom stereocenters. The molecule has 174 valence electrons. The molecule has 0 saturated heterocycles. The van der Waals surface area contributed by atoms with Gasteiger partial charge in [0.2, 0.25) is 0 Å². The first-order chi connectivity index (χ1) is 12.8. The van der Waals surface area contributed by atoms with Gasteiger partial charge < -0.3 is 15.7 Å². The van der Waals surface area contributed by atoms with Crippen LogP contribution in [0.15, 0.2) is 0 Å². The van der Waals surface area contributed by atoms with E-state index in [1.165, 1.54) is 0 Å². The Balaban J connectivity index is 0.00000280. The highest BCUT2D eigenvalue weighted by Gasteiger charge is 2.47. The average Bonchev–Trinajstić information content (AvgIpc) is 2.59. The van der Waals surface area contributed by atoms with E-state index in [1.807, 2.05) is 0 Å². The number of esters is 1. The van der Waals surface area contributed by atoms with Gasteiger partial charge in [-0.1, -0.05) is 40.5 Å². The molecule has 0 aromatic heterocycles. The summed E-state index contributed by atoms with van der Waals surface area (Å²) in [5.74, 6) is 0.933. The Bertz CT molecular complexity index is 491. The SMILES string of the molecule is CC1CCC(C2CC(F)C(C(=O)OC3CC(C)C(C)C(C)C3)C(F)C2)CC1.O.O.[HH]. The van der Waals surface area contributed by atoms with Crippen LogP contribution in [-0.4, -0.2) is 35.4 Å². The monoisotopic (exact) mass is 422 g/mol. The van der Waals surface area contributed by atoms with Gasteiger partial charge in [0.1, 0.15) is 24.4 Å². The van der Waals surface area contributed by atoms with Crippen molar-refractivity contribution in [2.45, 2.75) is 97.5 Å². The third-order valence-corrected chi connectivity index (χ3v) is 8.18. The average molecular weight is 423 g/mol. The standard InChI is InChI=1S/C23H38F2O2.2H2O.H2/c1-13-5-7-17(8-6-13)18-11-20(24)22(21(25)12-18)23(26)27-19-9-14(2)16(4)15(3)10-19;;;/h13-22H,5-12H2,1-4H3;2*1H2;1H. The molecular weight excluding hydrogens is 378 g/mol. The first-order valence-electron chi connectivity index (χ1n) is 11.2. The van der Waals surface area contributed by atoms with Gasteiger partial charge in [-0.3, -0.25) is 4.79 Å². The van der Waals surface area contributed by atoms with Crippen molar-refractivity contribution < 1.29 is 30.7 Å². The van der Waals surface area contributed by atoms with Crippen molar-refractivity contribution in [1.29, 1.82) is 0 Å². The molecule has 3 aliphatic carbocycles. The molecule has 0 bridgehead atoms. The van der Waals surface area contributed by atoms with Gasteiger partial charge in [-0.25, -0.2) is 8.78 Å². The van der Waals surface area contributed by atoms with E-state index in [-0.39, 0.29) is 24.4 Å². The number of hydrogen-bond donors (Lipinski definition) is 0. The number of rotatable bonds is 3. The van der Waals surface area contributed by atoms with Gasteiger partial charge in [0.25, 0.3) is 0 Å². The Labute approximate surface area is 176 Å². The van der Waals surface area contributed by atoms with Crippen LogP contribution in [0.4, 0.5) is 8.78 Å². The minimum Gasteiger partial charge on any atom is -0.462 e. The molecule has 3 rings (SSSR count). The van der Waals surface area contributed by atoms with Crippen LogP contribution < -0.4 is 0 Å². The van der Waals surface area contributed by atoms with E-state index in [4.69, 9.17) is 4.74 Å². The number of ether oxygens (including phenoxy) is 1. The molecule has 0 spiro atoms. The molecular formula is C23H44F2O4. The predicted octanol–water partition coefficient (Wildman–Crippen LogP) is 4.73. The smallest absolute Gasteiger partial charge is 0.315 e. The predicted molar refractivity (Wildman–Crippen MR) is 113 cm³/mol. The van der Waals surface area contributed by atoms with Gasteiger partial charge in [-0.05, 0) is 74.0 Å². The summed E-state index contributed by atoms with van der Waals surface area (Å²) in [6.07, 6.45) is 3.77. The van der Waals surface area contributed by atoms with Crippen molar-refractivity contribution in [3.63, 3.8) is 0 Å². The van der Waals surface area contributed by atoms with Crippen LogP contribution in [0, 0.1) is 41.4 Å². The van der Waals surface area contributed by atoms with Gasteiger partial charge in [0.15, 0.2) is 0 Å². The number of carbonyl (C=O) groups is 1. The highest BCUT2D eigenvalue weighted by molar-refractivity contribution is 5.74. The Kier molecular flexibility index (Phi) is 10.0. The lowest BCUT2D eigenvalue weighted by Gasteiger charge is -2.41. The zero-order valence-electron chi connectivity index (χ0n) is 18.5. The van der Waals surface area contributed by atoms with Crippen LogP contribution in [0.3, 0.4) is 0 Å². The fourth-order valence-electron chi connectivity index (χ4n) is 5.89. The second-order valence-corrected chi connectivity index (χ2v) is 10.2. The second kappa shape index (κ2) is 11.0. The lowest BCUT2D eigenvalue weighted by molar-refractivity contribution is -0.166. The molecule has 0 amide bonds. The van der Waals surface area contributed by atoms with Gasteiger partial charge in [-0.15, -0.1) is 0 Å². The van der Waals surface area contributed by atoms with E-state index >= 15 is 0 Å². The molecule has 3 fully saturated rings. The van der Waals surface area contributed by atoms with Crippen molar-refractivity contribution in [3.05, 3.63) is 0 Å². The highest BCUT2D eigenvalue weighted by atomic mass is 19.1. The van der Waals surface area contributed by atoms with Crippen LogP contribution in [-0.2, 0) is 9.53 Å². The molecule has 0 heterocycles. The molecule has 0 aromatic carbocycles.